The molecule has 5 nitrogen and oxygen atoms in total. The molecule has 1 aliphatic heterocycles. The van der Waals surface area contributed by atoms with Gasteiger partial charge in [0.25, 0.3) is 10.0 Å². The second-order valence-corrected chi connectivity index (χ2v) is 9.11. The molecule has 1 atom stereocenters. The molecule has 1 N–H and O–H groups in total. The molecule has 1 aliphatic rings. The molecule has 1 saturated heterocycles. The first-order valence-electron chi connectivity index (χ1n) is 7.86. The fourth-order valence-corrected chi connectivity index (χ4v) is 4.66. The SMILES string of the molecule is CN1CC[C@@H](Oc2cc(NS(=O)(=O)c3cc(Cl)cc(Cl)c3)ccc2Cl)C1. The summed E-state index contributed by atoms with van der Waals surface area (Å²) < 4.78 is 33.6. The van der Waals surface area contributed by atoms with E-state index in [0.717, 1.165) is 19.5 Å². The van der Waals surface area contributed by atoms with Crippen LogP contribution in [0.3, 0.4) is 0 Å². The van der Waals surface area contributed by atoms with Gasteiger partial charge in [-0.2, -0.15) is 0 Å². The van der Waals surface area contributed by atoms with Crippen molar-refractivity contribution in [2.24, 2.45) is 0 Å². The predicted octanol–water partition coefficient (Wildman–Crippen LogP) is 4.53. The molecule has 3 rings (SSSR count). The number of benzene rings is 2. The highest BCUT2D eigenvalue weighted by atomic mass is 35.5. The van der Waals surface area contributed by atoms with Crippen molar-refractivity contribution < 1.29 is 13.2 Å². The third-order valence-corrected chi connectivity index (χ3v) is 6.08. The van der Waals surface area contributed by atoms with Crippen LogP contribution in [-0.4, -0.2) is 39.6 Å². The summed E-state index contributed by atoms with van der Waals surface area (Å²) in [7, 11) is -1.83. The summed E-state index contributed by atoms with van der Waals surface area (Å²) in [4.78, 5) is 2.14. The molecular formula is C17H17Cl3N2O3S. The fourth-order valence-electron chi connectivity index (χ4n) is 2.73. The van der Waals surface area contributed by atoms with Crippen LogP contribution < -0.4 is 9.46 Å². The average molecular weight is 436 g/mol. The van der Waals surface area contributed by atoms with Crippen LogP contribution >= 0.6 is 34.8 Å². The molecule has 0 radical (unpaired) electrons. The van der Waals surface area contributed by atoms with E-state index in [4.69, 9.17) is 39.5 Å². The molecule has 140 valence electrons. The number of nitrogens with one attached hydrogen (secondary N) is 1. The van der Waals surface area contributed by atoms with Crippen molar-refractivity contribution in [2.45, 2.75) is 17.4 Å². The lowest BCUT2D eigenvalue weighted by molar-refractivity contribution is 0.208. The minimum atomic E-state index is -3.85. The normalized spacial score (nSPS) is 18.1. The van der Waals surface area contributed by atoms with Gasteiger partial charge in [0.05, 0.1) is 15.6 Å². The van der Waals surface area contributed by atoms with Crippen molar-refractivity contribution in [1.29, 1.82) is 0 Å². The lowest BCUT2D eigenvalue weighted by Gasteiger charge is -2.16. The number of hydrogen-bond acceptors (Lipinski definition) is 4. The van der Waals surface area contributed by atoms with Crippen molar-refractivity contribution in [3.63, 3.8) is 0 Å². The number of sulfonamides is 1. The lowest BCUT2D eigenvalue weighted by Crippen LogP contribution is -2.21. The fraction of sp³-hybridized carbons (Fsp3) is 0.294. The first kappa shape index (κ1) is 19.6. The number of anilines is 1. The van der Waals surface area contributed by atoms with Gasteiger partial charge in [-0.3, -0.25) is 4.72 Å². The molecule has 0 amide bonds. The number of likely N-dealkylation sites (N-methyl/N-ethyl adjacent to an activating group) is 1. The van der Waals surface area contributed by atoms with Gasteiger partial charge in [0.15, 0.2) is 0 Å². The molecule has 0 aromatic heterocycles. The highest BCUT2D eigenvalue weighted by Gasteiger charge is 2.22. The zero-order valence-corrected chi connectivity index (χ0v) is 17.0. The van der Waals surface area contributed by atoms with Crippen molar-refractivity contribution in [3.8, 4) is 5.75 Å². The van der Waals surface area contributed by atoms with Gasteiger partial charge in [0.2, 0.25) is 0 Å². The van der Waals surface area contributed by atoms with Gasteiger partial charge in [-0.05, 0) is 43.8 Å². The molecule has 26 heavy (non-hydrogen) atoms. The molecule has 1 fully saturated rings. The molecule has 0 bridgehead atoms. The van der Waals surface area contributed by atoms with Crippen LogP contribution in [0.5, 0.6) is 5.75 Å². The number of likely N-dealkylation sites (tertiary alicyclic amines) is 1. The van der Waals surface area contributed by atoms with E-state index >= 15 is 0 Å². The second-order valence-electron chi connectivity index (χ2n) is 6.15. The van der Waals surface area contributed by atoms with E-state index in [1.165, 1.54) is 18.2 Å². The van der Waals surface area contributed by atoms with Gasteiger partial charge in [-0.15, -0.1) is 0 Å². The Balaban J connectivity index is 1.82. The third kappa shape index (κ3) is 4.75. The van der Waals surface area contributed by atoms with Crippen LogP contribution in [0.25, 0.3) is 0 Å². The Morgan fingerprint density at radius 1 is 1.12 bits per heavy atom. The molecule has 2 aromatic rings. The van der Waals surface area contributed by atoms with Crippen molar-refractivity contribution in [1.82, 2.24) is 4.90 Å². The zero-order chi connectivity index (χ0) is 18.9. The topological polar surface area (TPSA) is 58.6 Å². The van der Waals surface area contributed by atoms with Crippen LogP contribution in [-0.2, 0) is 10.0 Å². The smallest absolute Gasteiger partial charge is 0.261 e. The van der Waals surface area contributed by atoms with Gasteiger partial charge in [-0.1, -0.05) is 34.8 Å². The number of halogens is 3. The standard InChI is InChI=1S/C17H17Cl3N2O3S/c1-22-5-4-14(10-22)25-17-9-13(2-3-16(17)20)21-26(23,24)15-7-11(18)6-12(19)8-15/h2-3,6-9,14,21H,4-5,10H2,1H3/t14-/m1/s1. The van der Waals surface area contributed by atoms with Gasteiger partial charge in [0, 0.05) is 29.2 Å². The average Bonchev–Trinajstić information content (AvgIpc) is 2.94. The molecule has 2 aromatic carbocycles. The number of hydrogen-bond donors (Lipinski definition) is 1. The van der Waals surface area contributed by atoms with Crippen LogP contribution in [0.15, 0.2) is 41.3 Å². The summed E-state index contributed by atoms with van der Waals surface area (Å²) in [5, 5.41) is 0.903. The molecule has 0 spiro atoms. The molecule has 0 aliphatic carbocycles. The maximum absolute atomic E-state index is 12.6. The minimum absolute atomic E-state index is 0.0233. The largest absolute Gasteiger partial charge is 0.487 e. The predicted molar refractivity (Wildman–Crippen MR) is 105 cm³/mol. The molecule has 0 unspecified atom stereocenters. The second kappa shape index (κ2) is 7.82. The Morgan fingerprint density at radius 3 is 2.42 bits per heavy atom. The summed E-state index contributed by atoms with van der Waals surface area (Å²) in [6, 6.07) is 8.87. The molecular weight excluding hydrogens is 419 g/mol. The molecule has 1 heterocycles. The van der Waals surface area contributed by atoms with E-state index in [2.05, 4.69) is 9.62 Å². The van der Waals surface area contributed by atoms with Crippen molar-refractivity contribution >= 4 is 50.5 Å². The zero-order valence-electron chi connectivity index (χ0n) is 13.9. The third-order valence-electron chi connectivity index (χ3n) is 3.97. The van der Waals surface area contributed by atoms with Gasteiger partial charge in [-0.25, -0.2) is 8.42 Å². The molecule has 0 saturated carbocycles. The Morgan fingerprint density at radius 2 is 1.81 bits per heavy atom. The summed E-state index contributed by atoms with van der Waals surface area (Å²) in [6.07, 6.45) is 0.917. The van der Waals surface area contributed by atoms with Crippen LogP contribution in [0.1, 0.15) is 6.42 Å². The summed E-state index contributed by atoms with van der Waals surface area (Å²) in [5.41, 5.74) is 0.340. The monoisotopic (exact) mass is 434 g/mol. The molecule has 9 heteroatoms. The first-order chi connectivity index (χ1) is 12.2. The van der Waals surface area contributed by atoms with E-state index in [1.807, 2.05) is 7.05 Å². The maximum Gasteiger partial charge on any atom is 0.261 e. The summed E-state index contributed by atoms with van der Waals surface area (Å²) >= 11 is 18.0. The van der Waals surface area contributed by atoms with Crippen LogP contribution in [0.4, 0.5) is 5.69 Å². The quantitative estimate of drug-likeness (QED) is 0.749. The van der Waals surface area contributed by atoms with E-state index < -0.39 is 10.0 Å². The van der Waals surface area contributed by atoms with Gasteiger partial charge < -0.3 is 9.64 Å². The van der Waals surface area contributed by atoms with Crippen molar-refractivity contribution in [2.75, 3.05) is 24.9 Å². The van der Waals surface area contributed by atoms with E-state index in [1.54, 1.807) is 18.2 Å². The highest BCUT2D eigenvalue weighted by Crippen LogP contribution is 2.31. The summed E-state index contributed by atoms with van der Waals surface area (Å²) in [6.45, 7) is 1.75. The van der Waals surface area contributed by atoms with Crippen LogP contribution in [0, 0.1) is 0 Å². The Hall–Kier alpha value is -1.18. The summed E-state index contributed by atoms with van der Waals surface area (Å²) in [5.74, 6) is 0.441. The Kier molecular flexibility index (Phi) is 5.89. The van der Waals surface area contributed by atoms with Gasteiger partial charge in [0.1, 0.15) is 11.9 Å². The first-order valence-corrected chi connectivity index (χ1v) is 10.5. The lowest BCUT2D eigenvalue weighted by atomic mass is 10.3. The van der Waals surface area contributed by atoms with E-state index in [9.17, 15) is 8.42 Å². The minimum Gasteiger partial charge on any atom is -0.487 e. The van der Waals surface area contributed by atoms with Crippen molar-refractivity contribution in [3.05, 3.63) is 51.5 Å². The van der Waals surface area contributed by atoms with Gasteiger partial charge >= 0.3 is 0 Å². The number of rotatable bonds is 5. The number of nitrogens with zero attached hydrogens (tertiary/aromatic N) is 1. The van der Waals surface area contributed by atoms with E-state index in [0.29, 0.717) is 16.5 Å². The maximum atomic E-state index is 12.6. The van der Waals surface area contributed by atoms with Crippen LogP contribution in [0.2, 0.25) is 15.1 Å². The Labute approximate surface area is 167 Å². The number of ether oxygens (including phenoxy) is 1. The Bertz CT molecular complexity index is 901. The van der Waals surface area contributed by atoms with E-state index in [-0.39, 0.29) is 21.0 Å². The highest BCUT2D eigenvalue weighted by molar-refractivity contribution is 7.92.